The monoisotopic (exact) mass is 343 g/mol. The number of pyridine rings is 1. The molecule has 6 nitrogen and oxygen atoms in total. The van der Waals surface area contributed by atoms with Crippen LogP contribution in [0.5, 0.6) is 0 Å². The maximum Gasteiger partial charge on any atom is 0.337 e. The lowest BCUT2D eigenvalue weighted by Gasteiger charge is -2.09. The Morgan fingerprint density at radius 2 is 2.04 bits per heavy atom. The van der Waals surface area contributed by atoms with E-state index in [9.17, 15) is 14.7 Å². The van der Waals surface area contributed by atoms with Gasteiger partial charge in [-0.2, -0.15) is 0 Å². The summed E-state index contributed by atoms with van der Waals surface area (Å²) in [4.78, 5) is 28.4. The third-order valence-electron chi connectivity index (χ3n) is 3.62. The number of amides is 1. The minimum Gasteiger partial charge on any atom is -0.478 e. The van der Waals surface area contributed by atoms with Crippen molar-refractivity contribution in [2.24, 2.45) is 0 Å². The number of hydrogen-bond acceptors (Lipinski definition) is 3. The Bertz CT molecular complexity index is 949. The first kappa shape index (κ1) is 16.0. The predicted octanol–water partition coefficient (Wildman–Crippen LogP) is 3.50. The summed E-state index contributed by atoms with van der Waals surface area (Å²) in [5, 5.41) is 12.4. The lowest BCUT2D eigenvalue weighted by Crippen LogP contribution is -2.18. The zero-order valence-electron chi connectivity index (χ0n) is 12.8. The molecule has 0 aliphatic carbocycles. The smallest absolute Gasteiger partial charge is 0.337 e. The molecule has 0 saturated carbocycles. The molecule has 0 atom stereocenters. The summed E-state index contributed by atoms with van der Waals surface area (Å²) in [6.07, 6.45) is 2.23. The first-order valence-electron chi connectivity index (χ1n) is 7.31. The number of carbonyl (C=O) groups excluding carboxylic acids is 1. The van der Waals surface area contributed by atoms with Gasteiger partial charge in [-0.15, -0.1) is 0 Å². The van der Waals surface area contributed by atoms with E-state index in [1.165, 1.54) is 6.07 Å². The minimum atomic E-state index is -1.11. The third-order valence-corrected chi connectivity index (χ3v) is 3.85. The number of benzene rings is 1. The van der Waals surface area contributed by atoms with Gasteiger partial charge in [0.2, 0.25) is 0 Å². The van der Waals surface area contributed by atoms with Crippen molar-refractivity contribution >= 4 is 34.8 Å². The highest BCUT2D eigenvalue weighted by molar-refractivity contribution is 6.30. The van der Waals surface area contributed by atoms with Crippen LogP contribution < -0.4 is 5.32 Å². The number of aromatic nitrogens is 2. The van der Waals surface area contributed by atoms with Gasteiger partial charge in [0.1, 0.15) is 11.3 Å². The molecular weight excluding hydrogens is 330 g/mol. The maximum absolute atomic E-state index is 12.7. The summed E-state index contributed by atoms with van der Waals surface area (Å²) in [5.41, 5.74) is 1.81. The highest BCUT2D eigenvalue weighted by Gasteiger charge is 2.20. The molecule has 24 heavy (non-hydrogen) atoms. The van der Waals surface area contributed by atoms with E-state index in [2.05, 4.69) is 10.3 Å². The standard InChI is InChI=1S/C17H14ClN3O3/c1-2-12-15(21-8-7-10(18)9-14(21)19-12)16(22)20-13-6-4-3-5-11(13)17(23)24/h3-9H,2H2,1H3,(H,20,22)(H,23,24). The van der Waals surface area contributed by atoms with E-state index in [4.69, 9.17) is 11.6 Å². The second-order valence-corrected chi connectivity index (χ2v) is 5.58. The molecule has 0 unspecified atom stereocenters. The van der Waals surface area contributed by atoms with Gasteiger partial charge in [0.05, 0.1) is 16.9 Å². The summed E-state index contributed by atoms with van der Waals surface area (Å²) < 4.78 is 1.64. The van der Waals surface area contributed by atoms with E-state index < -0.39 is 11.9 Å². The fourth-order valence-corrected chi connectivity index (χ4v) is 2.67. The van der Waals surface area contributed by atoms with Crippen molar-refractivity contribution in [3.63, 3.8) is 0 Å². The van der Waals surface area contributed by atoms with Crippen molar-refractivity contribution in [1.29, 1.82) is 0 Å². The Hall–Kier alpha value is -2.86. The zero-order chi connectivity index (χ0) is 17.3. The quantitative estimate of drug-likeness (QED) is 0.759. The minimum absolute atomic E-state index is 0.0285. The highest BCUT2D eigenvalue weighted by atomic mass is 35.5. The number of imidazole rings is 1. The average molecular weight is 344 g/mol. The average Bonchev–Trinajstić information content (AvgIpc) is 2.92. The fourth-order valence-electron chi connectivity index (χ4n) is 2.52. The topological polar surface area (TPSA) is 83.7 Å². The molecule has 1 aromatic carbocycles. The molecule has 0 aliphatic heterocycles. The largest absolute Gasteiger partial charge is 0.478 e. The molecule has 0 bridgehead atoms. The molecule has 0 saturated heterocycles. The Balaban J connectivity index is 2.05. The Kier molecular flexibility index (Phi) is 4.22. The lowest BCUT2D eigenvalue weighted by molar-refractivity contribution is 0.0698. The molecule has 0 radical (unpaired) electrons. The van der Waals surface area contributed by atoms with Crippen LogP contribution in [0.2, 0.25) is 5.02 Å². The van der Waals surface area contributed by atoms with Gasteiger partial charge in [-0.1, -0.05) is 30.7 Å². The lowest BCUT2D eigenvalue weighted by atomic mass is 10.1. The van der Waals surface area contributed by atoms with Crippen LogP contribution in [-0.4, -0.2) is 26.4 Å². The normalized spacial score (nSPS) is 10.8. The number of carboxylic acids is 1. The molecule has 0 spiro atoms. The first-order chi connectivity index (χ1) is 11.5. The van der Waals surface area contributed by atoms with Gasteiger partial charge in [0, 0.05) is 17.3 Å². The van der Waals surface area contributed by atoms with E-state index in [-0.39, 0.29) is 11.3 Å². The van der Waals surface area contributed by atoms with Crippen molar-refractivity contribution < 1.29 is 14.7 Å². The van der Waals surface area contributed by atoms with Gasteiger partial charge in [0.15, 0.2) is 0 Å². The first-order valence-corrected chi connectivity index (χ1v) is 7.69. The van der Waals surface area contributed by atoms with Crippen molar-refractivity contribution in [3.05, 3.63) is 64.6 Å². The summed E-state index contributed by atoms with van der Waals surface area (Å²) in [6, 6.07) is 9.59. The Morgan fingerprint density at radius 3 is 2.75 bits per heavy atom. The van der Waals surface area contributed by atoms with Gasteiger partial charge in [0.25, 0.3) is 5.91 Å². The molecule has 0 aliphatic rings. The zero-order valence-corrected chi connectivity index (χ0v) is 13.5. The molecule has 7 heteroatoms. The Morgan fingerprint density at radius 1 is 1.29 bits per heavy atom. The van der Waals surface area contributed by atoms with Crippen LogP contribution in [0.3, 0.4) is 0 Å². The number of hydrogen-bond donors (Lipinski definition) is 2. The number of para-hydroxylation sites is 1. The SMILES string of the molecule is CCc1nc2cc(Cl)ccn2c1C(=O)Nc1ccccc1C(=O)O. The molecule has 3 rings (SSSR count). The van der Waals surface area contributed by atoms with Crippen LogP contribution in [0.15, 0.2) is 42.6 Å². The summed E-state index contributed by atoms with van der Waals surface area (Å²) in [5.74, 6) is -1.53. The van der Waals surface area contributed by atoms with Crippen LogP contribution in [0.4, 0.5) is 5.69 Å². The van der Waals surface area contributed by atoms with Gasteiger partial charge in [-0.3, -0.25) is 9.20 Å². The number of aryl methyl sites for hydroxylation is 1. The van der Waals surface area contributed by atoms with Crippen molar-refractivity contribution in [3.8, 4) is 0 Å². The maximum atomic E-state index is 12.7. The van der Waals surface area contributed by atoms with Crippen molar-refractivity contribution in [1.82, 2.24) is 9.38 Å². The molecular formula is C17H14ClN3O3. The van der Waals surface area contributed by atoms with Gasteiger partial charge < -0.3 is 10.4 Å². The molecule has 2 N–H and O–H groups in total. The molecule has 0 fully saturated rings. The number of rotatable bonds is 4. The number of fused-ring (bicyclic) bond motifs is 1. The number of nitrogens with zero attached hydrogens (tertiary/aromatic N) is 2. The number of anilines is 1. The van der Waals surface area contributed by atoms with E-state index in [0.717, 1.165) is 0 Å². The molecule has 2 heterocycles. The Labute approximate surface area is 142 Å². The van der Waals surface area contributed by atoms with Crippen LogP contribution in [0.25, 0.3) is 5.65 Å². The molecule has 2 aromatic heterocycles. The second kappa shape index (κ2) is 6.33. The predicted molar refractivity (Wildman–Crippen MR) is 90.9 cm³/mol. The van der Waals surface area contributed by atoms with Crippen LogP contribution in [-0.2, 0) is 6.42 Å². The fraction of sp³-hybridized carbons (Fsp3) is 0.118. The summed E-state index contributed by atoms with van der Waals surface area (Å²) in [7, 11) is 0. The van der Waals surface area contributed by atoms with E-state index >= 15 is 0 Å². The van der Waals surface area contributed by atoms with E-state index in [0.29, 0.717) is 28.5 Å². The van der Waals surface area contributed by atoms with E-state index in [1.807, 2.05) is 6.92 Å². The highest BCUT2D eigenvalue weighted by Crippen LogP contribution is 2.20. The van der Waals surface area contributed by atoms with Gasteiger partial charge >= 0.3 is 5.97 Å². The van der Waals surface area contributed by atoms with Crippen molar-refractivity contribution in [2.75, 3.05) is 5.32 Å². The molecule has 1 amide bonds. The summed E-state index contributed by atoms with van der Waals surface area (Å²) in [6.45, 7) is 1.89. The number of carboxylic acid groups (broad SMARTS) is 1. The van der Waals surface area contributed by atoms with Crippen LogP contribution in [0, 0.1) is 0 Å². The summed E-state index contributed by atoms with van der Waals surface area (Å²) >= 11 is 5.97. The van der Waals surface area contributed by atoms with Crippen LogP contribution in [0.1, 0.15) is 33.5 Å². The molecule has 3 aromatic rings. The second-order valence-electron chi connectivity index (χ2n) is 5.14. The van der Waals surface area contributed by atoms with Gasteiger partial charge in [-0.25, -0.2) is 9.78 Å². The van der Waals surface area contributed by atoms with Crippen LogP contribution >= 0.6 is 11.6 Å². The van der Waals surface area contributed by atoms with E-state index in [1.54, 1.807) is 40.9 Å². The molecule has 122 valence electrons. The number of halogens is 1. The van der Waals surface area contributed by atoms with Crippen molar-refractivity contribution in [2.45, 2.75) is 13.3 Å². The number of carbonyl (C=O) groups is 2. The number of aromatic carboxylic acids is 1. The third kappa shape index (κ3) is 2.83. The number of nitrogens with one attached hydrogen (secondary N) is 1. The van der Waals surface area contributed by atoms with Gasteiger partial charge in [-0.05, 0) is 24.6 Å².